The van der Waals surface area contributed by atoms with Gasteiger partial charge in [0.05, 0.1) is 13.2 Å². The summed E-state index contributed by atoms with van der Waals surface area (Å²) in [5.74, 6) is 0.0618. The van der Waals surface area contributed by atoms with Gasteiger partial charge in [-0.05, 0) is 31.2 Å². The quantitative estimate of drug-likeness (QED) is 0.765. The molecule has 0 saturated carbocycles. The van der Waals surface area contributed by atoms with Gasteiger partial charge in [-0.2, -0.15) is 0 Å². The normalized spacial score (nSPS) is 11.8. The fourth-order valence-corrected chi connectivity index (χ4v) is 2.31. The number of benzene rings is 1. The van der Waals surface area contributed by atoms with Crippen molar-refractivity contribution in [1.82, 2.24) is 9.13 Å². The Labute approximate surface area is 138 Å². The van der Waals surface area contributed by atoms with Gasteiger partial charge in [0.15, 0.2) is 5.78 Å². The molecule has 0 aliphatic heterocycles. The zero-order chi connectivity index (χ0) is 18.0. The minimum Gasteiger partial charge on any atom is -0.497 e. The van der Waals surface area contributed by atoms with Gasteiger partial charge in [0.1, 0.15) is 17.1 Å². The molecule has 0 aliphatic rings. The number of carbonyl (C=O) groups is 1. The lowest BCUT2D eigenvalue weighted by atomic mass is 10.1. The molecule has 0 amide bonds. The number of nitrogen functional groups attached to an aromatic ring is 1. The van der Waals surface area contributed by atoms with Crippen LogP contribution in [0.4, 0.5) is 11.5 Å². The molecule has 0 fully saturated rings. The minimum atomic E-state index is -0.705. The lowest BCUT2D eigenvalue weighted by Gasteiger charge is -2.17. The van der Waals surface area contributed by atoms with Gasteiger partial charge in [-0.1, -0.05) is 0 Å². The number of rotatable bonds is 5. The van der Waals surface area contributed by atoms with Gasteiger partial charge >= 0.3 is 5.69 Å². The van der Waals surface area contributed by atoms with Gasteiger partial charge in [-0.25, -0.2) is 4.79 Å². The van der Waals surface area contributed by atoms with Crippen molar-refractivity contribution in [2.75, 3.05) is 18.2 Å². The predicted molar refractivity (Wildman–Crippen MR) is 91.7 cm³/mol. The van der Waals surface area contributed by atoms with E-state index >= 15 is 0 Å². The molecule has 2 aromatic rings. The number of carbonyl (C=O) groups excluding carboxylic acids is 1. The number of nitrogens with one attached hydrogen (secondary N) is 1. The molecule has 1 atom stereocenters. The van der Waals surface area contributed by atoms with Gasteiger partial charge in [-0.15, -0.1) is 0 Å². The molecule has 3 N–H and O–H groups in total. The summed E-state index contributed by atoms with van der Waals surface area (Å²) in [5.41, 5.74) is 5.01. The molecule has 8 nitrogen and oxygen atoms in total. The fourth-order valence-electron chi connectivity index (χ4n) is 2.31. The van der Waals surface area contributed by atoms with Crippen molar-refractivity contribution >= 4 is 17.3 Å². The van der Waals surface area contributed by atoms with E-state index in [9.17, 15) is 14.4 Å². The van der Waals surface area contributed by atoms with Crippen LogP contribution in [0.5, 0.6) is 5.75 Å². The third kappa shape index (κ3) is 3.03. The van der Waals surface area contributed by atoms with E-state index in [1.54, 1.807) is 38.3 Å². The Morgan fingerprint density at radius 1 is 1.17 bits per heavy atom. The van der Waals surface area contributed by atoms with E-state index in [4.69, 9.17) is 10.5 Å². The molecule has 0 aliphatic carbocycles. The largest absolute Gasteiger partial charge is 0.497 e. The summed E-state index contributed by atoms with van der Waals surface area (Å²) in [6, 6.07) is 6.30. The molecule has 1 aromatic carbocycles. The molecule has 0 saturated heterocycles. The molecular formula is C16H20N4O4. The van der Waals surface area contributed by atoms with Gasteiger partial charge in [0, 0.05) is 19.8 Å². The van der Waals surface area contributed by atoms with Crippen molar-refractivity contribution in [3.05, 3.63) is 50.7 Å². The highest BCUT2D eigenvalue weighted by atomic mass is 16.5. The zero-order valence-electron chi connectivity index (χ0n) is 14.0. The van der Waals surface area contributed by atoms with E-state index in [-0.39, 0.29) is 11.4 Å². The van der Waals surface area contributed by atoms with Crippen LogP contribution < -0.4 is 27.0 Å². The summed E-state index contributed by atoms with van der Waals surface area (Å²) in [5, 5.41) is 3.00. The monoisotopic (exact) mass is 332 g/mol. The number of hydrogen-bond acceptors (Lipinski definition) is 6. The molecule has 0 bridgehead atoms. The topological polar surface area (TPSA) is 108 Å². The zero-order valence-corrected chi connectivity index (χ0v) is 14.0. The van der Waals surface area contributed by atoms with Gasteiger partial charge in [0.25, 0.3) is 5.56 Å². The van der Waals surface area contributed by atoms with Crippen LogP contribution in [0.2, 0.25) is 0 Å². The second kappa shape index (κ2) is 6.61. The molecule has 0 radical (unpaired) electrons. The maximum absolute atomic E-state index is 12.6. The molecular weight excluding hydrogens is 312 g/mol. The number of methoxy groups -OCH3 is 1. The van der Waals surface area contributed by atoms with E-state index in [1.807, 2.05) is 0 Å². The number of aromatic nitrogens is 2. The summed E-state index contributed by atoms with van der Waals surface area (Å²) in [6.45, 7) is 1.62. The maximum Gasteiger partial charge on any atom is 0.332 e. The lowest BCUT2D eigenvalue weighted by molar-refractivity contribution is 0.0973. The van der Waals surface area contributed by atoms with Crippen LogP contribution in [-0.4, -0.2) is 28.1 Å². The molecule has 128 valence electrons. The van der Waals surface area contributed by atoms with Crippen LogP contribution >= 0.6 is 0 Å². The van der Waals surface area contributed by atoms with Crippen LogP contribution in [0, 0.1) is 0 Å². The summed E-state index contributed by atoms with van der Waals surface area (Å²) in [7, 11) is 4.28. The van der Waals surface area contributed by atoms with E-state index in [0.717, 1.165) is 9.13 Å². The van der Waals surface area contributed by atoms with Gasteiger partial charge in [0.2, 0.25) is 0 Å². The number of anilines is 2. The number of Topliss-reactive ketones (excluding diaryl/α,β-unsaturated/α-hetero) is 1. The highest BCUT2D eigenvalue weighted by Gasteiger charge is 2.24. The second-order valence-corrected chi connectivity index (χ2v) is 5.42. The third-order valence-corrected chi connectivity index (χ3v) is 3.82. The number of nitrogens with zero attached hydrogens (tertiary/aromatic N) is 2. The lowest BCUT2D eigenvalue weighted by Crippen LogP contribution is -2.43. The number of nitrogens with two attached hydrogens (primary N) is 1. The highest BCUT2D eigenvalue weighted by Crippen LogP contribution is 2.17. The minimum absolute atomic E-state index is 0.142. The smallest absolute Gasteiger partial charge is 0.332 e. The van der Waals surface area contributed by atoms with E-state index < -0.39 is 23.1 Å². The molecule has 8 heteroatoms. The van der Waals surface area contributed by atoms with Crippen LogP contribution in [0.1, 0.15) is 17.3 Å². The summed E-state index contributed by atoms with van der Waals surface area (Å²) >= 11 is 0. The average Bonchev–Trinajstić information content (AvgIpc) is 2.59. The molecule has 2 rings (SSSR count). The van der Waals surface area contributed by atoms with E-state index in [0.29, 0.717) is 11.4 Å². The first-order valence-electron chi connectivity index (χ1n) is 7.28. The Morgan fingerprint density at radius 3 is 2.29 bits per heavy atom. The number of ether oxygens (including phenoxy) is 1. The standard InChI is InChI=1S/C16H20N4O4/c1-9(18-10-5-7-11(24-4)8-6-10)13(21)12-14(17)19(2)16(23)20(3)15(12)22/h5-9,18H,17H2,1-4H3. The Morgan fingerprint density at radius 2 is 1.75 bits per heavy atom. The van der Waals surface area contributed by atoms with Gasteiger partial charge in [-0.3, -0.25) is 18.7 Å². The summed E-state index contributed by atoms with van der Waals surface area (Å²) < 4.78 is 7.02. The van der Waals surface area contributed by atoms with Gasteiger partial charge < -0.3 is 15.8 Å². The Hall–Kier alpha value is -3.03. The first-order chi connectivity index (χ1) is 11.3. The van der Waals surface area contributed by atoms with Crippen LogP contribution in [0.15, 0.2) is 33.9 Å². The Balaban J connectivity index is 2.34. The molecule has 1 unspecified atom stereocenters. The third-order valence-electron chi connectivity index (χ3n) is 3.82. The van der Waals surface area contributed by atoms with Crippen molar-refractivity contribution in [3.63, 3.8) is 0 Å². The maximum atomic E-state index is 12.6. The molecule has 24 heavy (non-hydrogen) atoms. The molecule has 0 spiro atoms. The Kier molecular flexibility index (Phi) is 4.77. The van der Waals surface area contributed by atoms with Crippen molar-refractivity contribution in [3.8, 4) is 5.75 Å². The Bertz CT molecular complexity index is 881. The van der Waals surface area contributed by atoms with Crippen LogP contribution in [0.3, 0.4) is 0 Å². The predicted octanol–water partition coefficient (Wildman–Crippen LogP) is 0.358. The molecule has 1 aromatic heterocycles. The van der Waals surface area contributed by atoms with E-state index in [2.05, 4.69) is 5.32 Å². The van der Waals surface area contributed by atoms with E-state index in [1.165, 1.54) is 14.1 Å². The highest BCUT2D eigenvalue weighted by molar-refractivity contribution is 6.04. The van der Waals surface area contributed by atoms with Crippen molar-refractivity contribution in [2.24, 2.45) is 14.1 Å². The SMILES string of the molecule is COc1ccc(NC(C)C(=O)c2c(N)n(C)c(=O)n(C)c2=O)cc1. The first-order valence-corrected chi connectivity index (χ1v) is 7.28. The van der Waals surface area contributed by atoms with Crippen molar-refractivity contribution in [2.45, 2.75) is 13.0 Å². The fraction of sp³-hybridized carbons (Fsp3) is 0.312. The number of hydrogen-bond donors (Lipinski definition) is 2. The summed E-state index contributed by atoms with van der Waals surface area (Å²) in [6.07, 6.45) is 0. The average molecular weight is 332 g/mol. The van der Waals surface area contributed by atoms with Crippen molar-refractivity contribution < 1.29 is 9.53 Å². The van der Waals surface area contributed by atoms with Crippen molar-refractivity contribution in [1.29, 1.82) is 0 Å². The van der Waals surface area contributed by atoms with Crippen LogP contribution in [0.25, 0.3) is 0 Å². The second-order valence-electron chi connectivity index (χ2n) is 5.42. The molecule has 1 heterocycles. The van der Waals surface area contributed by atoms with Crippen LogP contribution in [-0.2, 0) is 14.1 Å². The first kappa shape index (κ1) is 17.3. The number of ketones is 1. The summed E-state index contributed by atoms with van der Waals surface area (Å²) in [4.78, 5) is 36.7.